The van der Waals surface area contributed by atoms with Crippen molar-refractivity contribution in [2.24, 2.45) is 0 Å². The van der Waals surface area contributed by atoms with E-state index < -0.39 is 0 Å². The van der Waals surface area contributed by atoms with Crippen LogP contribution in [0.25, 0.3) is 6.08 Å². The molecule has 30 heavy (non-hydrogen) atoms. The quantitative estimate of drug-likeness (QED) is 0.503. The number of rotatable bonds is 9. The number of pyridine rings is 2. The molecule has 3 aromatic rings. The Labute approximate surface area is 176 Å². The summed E-state index contributed by atoms with van der Waals surface area (Å²) in [5.74, 6) is 1.22. The molecule has 6 nitrogen and oxygen atoms in total. The molecule has 0 aliphatic rings. The zero-order valence-electron chi connectivity index (χ0n) is 17.2. The topological polar surface area (TPSA) is 64.5 Å². The molecule has 3 rings (SSSR count). The van der Waals surface area contributed by atoms with Crippen molar-refractivity contribution in [2.75, 3.05) is 13.7 Å². The molecule has 0 radical (unpaired) electrons. The summed E-state index contributed by atoms with van der Waals surface area (Å²) in [5.41, 5.74) is 2.84. The number of carbonyl (C=O) groups excluding carboxylic acids is 1. The first-order valence-electron chi connectivity index (χ1n) is 9.75. The van der Waals surface area contributed by atoms with Crippen LogP contribution in [0.15, 0.2) is 73.3 Å². The summed E-state index contributed by atoms with van der Waals surface area (Å²) in [4.78, 5) is 23.0. The molecule has 1 aromatic carbocycles. The summed E-state index contributed by atoms with van der Waals surface area (Å²) >= 11 is 0. The lowest BCUT2D eigenvalue weighted by atomic mass is 10.1. The maximum atomic E-state index is 13.0. The van der Waals surface area contributed by atoms with Crippen LogP contribution in [-0.2, 0) is 17.9 Å². The average Bonchev–Trinajstić information content (AvgIpc) is 2.79. The highest BCUT2D eigenvalue weighted by Gasteiger charge is 2.13. The fraction of sp³-hybridized carbons (Fsp3) is 0.208. The summed E-state index contributed by atoms with van der Waals surface area (Å²) in [6.45, 7) is 3.42. The molecule has 0 N–H and O–H groups in total. The van der Waals surface area contributed by atoms with E-state index in [9.17, 15) is 4.79 Å². The van der Waals surface area contributed by atoms with Crippen molar-refractivity contribution in [1.29, 1.82) is 0 Å². The Balaban J connectivity index is 1.78. The molecule has 0 bridgehead atoms. The first-order valence-corrected chi connectivity index (χ1v) is 9.75. The lowest BCUT2D eigenvalue weighted by Crippen LogP contribution is -2.28. The van der Waals surface area contributed by atoms with Crippen LogP contribution in [0.1, 0.15) is 23.6 Å². The van der Waals surface area contributed by atoms with Crippen molar-refractivity contribution in [3.63, 3.8) is 0 Å². The summed E-state index contributed by atoms with van der Waals surface area (Å²) in [5, 5.41) is 0. The van der Waals surface area contributed by atoms with Crippen molar-refractivity contribution in [3.05, 3.63) is 90.0 Å². The van der Waals surface area contributed by atoms with Crippen molar-refractivity contribution in [1.82, 2.24) is 14.9 Å². The van der Waals surface area contributed by atoms with E-state index in [1.165, 1.54) is 0 Å². The molecule has 0 aliphatic heterocycles. The molecule has 0 atom stereocenters. The summed E-state index contributed by atoms with van der Waals surface area (Å²) < 4.78 is 10.9. The standard InChI is InChI=1S/C24H25N3O3/c1-3-30-22-8-6-19(15-23(22)29-2)7-9-24(28)27(17-20-10-13-25-14-11-20)18-21-5-4-12-26-16-21/h4-16H,3,17-18H2,1-2H3/b9-7+. The van der Waals surface area contributed by atoms with E-state index in [0.717, 1.165) is 16.7 Å². The molecule has 0 spiro atoms. The minimum Gasteiger partial charge on any atom is -0.493 e. The van der Waals surface area contributed by atoms with E-state index in [4.69, 9.17) is 9.47 Å². The van der Waals surface area contributed by atoms with E-state index in [2.05, 4.69) is 9.97 Å². The minimum atomic E-state index is -0.0940. The molecular weight excluding hydrogens is 378 g/mol. The molecule has 0 saturated heterocycles. The van der Waals surface area contributed by atoms with Crippen LogP contribution < -0.4 is 9.47 Å². The van der Waals surface area contributed by atoms with Crippen molar-refractivity contribution in [2.45, 2.75) is 20.0 Å². The fourth-order valence-corrected chi connectivity index (χ4v) is 2.97. The fourth-order valence-electron chi connectivity index (χ4n) is 2.97. The van der Waals surface area contributed by atoms with Crippen molar-refractivity contribution < 1.29 is 14.3 Å². The maximum absolute atomic E-state index is 13.0. The number of ether oxygens (including phenoxy) is 2. The van der Waals surface area contributed by atoms with Crippen LogP contribution >= 0.6 is 0 Å². The number of aromatic nitrogens is 2. The predicted molar refractivity (Wildman–Crippen MR) is 116 cm³/mol. The smallest absolute Gasteiger partial charge is 0.247 e. The second-order valence-corrected chi connectivity index (χ2v) is 6.59. The Morgan fingerprint density at radius 3 is 2.50 bits per heavy atom. The maximum Gasteiger partial charge on any atom is 0.247 e. The van der Waals surface area contributed by atoms with E-state index in [1.807, 2.05) is 49.4 Å². The molecule has 1 amide bonds. The lowest BCUT2D eigenvalue weighted by molar-refractivity contribution is -0.127. The van der Waals surface area contributed by atoms with Gasteiger partial charge in [-0.1, -0.05) is 12.1 Å². The Morgan fingerprint density at radius 2 is 1.80 bits per heavy atom. The zero-order chi connectivity index (χ0) is 21.2. The summed E-state index contributed by atoms with van der Waals surface area (Å²) in [6, 6.07) is 13.2. The molecule has 0 unspecified atom stereocenters. The first-order chi connectivity index (χ1) is 14.7. The molecule has 0 saturated carbocycles. The first kappa shape index (κ1) is 21.0. The van der Waals surface area contributed by atoms with Crippen LogP contribution in [0.5, 0.6) is 11.5 Å². The second kappa shape index (κ2) is 10.8. The van der Waals surface area contributed by atoms with Gasteiger partial charge in [-0.25, -0.2) is 0 Å². The third-order valence-corrected chi connectivity index (χ3v) is 4.44. The Kier molecular flexibility index (Phi) is 7.55. The van der Waals surface area contributed by atoms with Gasteiger partial charge in [-0.3, -0.25) is 14.8 Å². The monoisotopic (exact) mass is 403 g/mol. The molecule has 154 valence electrons. The zero-order valence-corrected chi connectivity index (χ0v) is 17.2. The number of hydrogen-bond donors (Lipinski definition) is 0. The number of amides is 1. The SMILES string of the molecule is CCOc1ccc(/C=C/C(=O)N(Cc2ccncc2)Cc2cccnc2)cc1OC. The second-order valence-electron chi connectivity index (χ2n) is 6.59. The highest BCUT2D eigenvalue weighted by molar-refractivity contribution is 5.91. The molecule has 0 fully saturated rings. The van der Waals surface area contributed by atoms with Gasteiger partial charge in [0.05, 0.1) is 13.7 Å². The molecule has 6 heteroatoms. The van der Waals surface area contributed by atoms with Gasteiger partial charge >= 0.3 is 0 Å². The van der Waals surface area contributed by atoms with Crippen LogP contribution in [0.2, 0.25) is 0 Å². The minimum absolute atomic E-state index is 0.0940. The molecule has 2 heterocycles. The Morgan fingerprint density at radius 1 is 1.00 bits per heavy atom. The highest BCUT2D eigenvalue weighted by atomic mass is 16.5. The predicted octanol–water partition coefficient (Wildman–Crippen LogP) is 4.13. The molecule has 0 aliphatic carbocycles. The third-order valence-electron chi connectivity index (χ3n) is 4.44. The number of methoxy groups -OCH3 is 1. The molecular formula is C24H25N3O3. The van der Waals surface area contributed by atoms with Gasteiger partial charge in [0.25, 0.3) is 0 Å². The average molecular weight is 403 g/mol. The summed E-state index contributed by atoms with van der Waals surface area (Å²) in [7, 11) is 1.60. The largest absolute Gasteiger partial charge is 0.493 e. The lowest BCUT2D eigenvalue weighted by Gasteiger charge is -2.21. The third kappa shape index (κ3) is 5.91. The Bertz CT molecular complexity index is 934. The van der Waals surface area contributed by atoms with Crippen molar-refractivity contribution in [3.8, 4) is 11.5 Å². The normalized spacial score (nSPS) is 10.7. The van der Waals surface area contributed by atoms with Gasteiger partial charge in [-0.15, -0.1) is 0 Å². The van der Waals surface area contributed by atoms with Gasteiger partial charge < -0.3 is 14.4 Å². The van der Waals surface area contributed by atoms with E-state index in [1.54, 1.807) is 48.9 Å². The number of hydrogen-bond acceptors (Lipinski definition) is 5. The van der Waals surface area contributed by atoms with Crippen LogP contribution in [0.3, 0.4) is 0 Å². The number of nitrogens with zero attached hydrogens (tertiary/aromatic N) is 3. The Hall–Kier alpha value is -3.67. The van der Waals surface area contributed by atoms with Crippen LogP contribution in [0, 0.1) is 0 Å². The number of benzene rings is 1. The van der Waals surface area contributed by atoms with Gasteiger partial charge in [-0.2, -0.15) is 0 Å². The van der Waals surface area contributed by atoms with E-state index in [-0.39, 0.29) is 5.91 Å². The highest BCUT2D eigenvalue weighted by Crippen LogP contribution is 2.28. The number of carbonyl (C=O) groups is 1. The molecule has 2 aromatic heterocycles. The summed E-state index contributed by atoms with van der Waals surface area (Å²) in [6.07, 6.45) is 10.3. The van der Waals surface area contributed by atoms with Gasteiger partial charge in [-0.05, 0) is 60.0 Å². The van der Waals surface area contributed by atoms with Gasteiger partial charge in [0.15, 0.2) is 11.5 Å². The van der Waals surface area contributed by atoms with E-state index in [0.29, 0.717) is 31.2 Å². The van der Waals surface area contributed by atoms with E-state index >= 15 is 0 Å². The van der Waals surface area contributed by atoms with Crippen LogP contribution in [0.4, 0.5) is 0 Å². The van der Waals surface area contributed by atoms with Gasteiger partial charge in [0, 0.05) is 44.0 Å². The van der Waals surface area contributed by atoms with Gasteiger partial charge in [0.2, 0.25) is 5.91 Å². The van der Waals surface area contributed by atoms with Gasteiger partial charge in [0.1, 0.15) is 0 Å². The van der Waals surface area contributed by atoms with Crippen molar-refractivity contribution >= 4 is 12.0 Å². The van der Waals surface area contributed by atoms with Crippen LogP contribution in [-0.4, -0.2) is 34.5 Å².